The highest BCUT2D eigenvalue weighted by atomic mass is 19.1. The molecule has 1 aromatic carbocycles. The molecule has 0 aliphatic carbocycles. The van der Waals surface area contributed by atoms with Crippen molar-refractivity contribution in [1.29, 1.82) is 0 Å². The van der Waals surface area contributed by atoms with E-state index in [0.29, 0.717) is 11.5 Å². The Bertz CT molecular complexity index is 813. The molecule has 3 aromatic rings. The predicted octanol–water partition coefficient (Wildman–Crippen LogP) is 2.91. The van der Waals surface area contributed by atoms with Crippen molar-refractivity contribution in [2.75, 3.05) is 24.9 Å². The summed E-state index contributed by atoms with van der Waals surface area (Å²) in [7, 11) is 0. The van der Waals surface area contributed by atoms with Crippen molar-refractivity contribution in [2.45, 2.75) is 6.42 Å². The Morgan fingerprint density at radius 2 is 2.09 bits per heavy atom. The fourth-order valence-electron chi connectivity index (χ4n) is 2.53. The molecule has 2 aromatic heterocycles. The SMILES string of the molecule is FCOc1cccc(-c2cn3ccc(N4CCC4)nc3n2)c1. The molecule has 0 radical (unpaired) electrons. The van der Waals surface area contributed by atoms with E-state index in [4.69, 9.17) is 4.74 Å². The molecule has 0 spiro atoms. The highest BCUT2D eigenvalue weighted by Gasteiger charge is 2.16. The van der Waals surface area contributed by atoms with Gasteiger partial charge in [-0.2, -0.15) is 4.98 Å². The summed E-state index contributed by atoms with van der Waals surface area (Å²) in [6, 6.07) is 9.24. The first-order valence-corrected chi connectivity index (χ1v) is 7.23. The first kappa shape index (κ1) is 13.1. The van der Waals surface area contributed by atoms with E-state index in [1.54, 1.807) is 12.1 Å². The summed E-state index contributed by atoms with van der Waals surface area (Å²) in [4.78, 5) is 11.4. The molecule has 4 rings (SSSR count). The van der Waals surface area contributed by atoms with Crippen molar-refractivity contribution in [3.63, 3.8) is 0 Å². The number of ether oxygens (including phenoxy) is 1. The molecule has 1 aliphatic heterocycles. The Labute approximate surface area is 127 Å². The number of aromatic nitrogens is 3. The smallest absolute Gasteiger partial charge is 0.236 e. The minimum atomic E-state index is -0.838. The lowest BCUT2D eigenvalue weighted by atomic mass is 10.1. The van der Waals surface area contributed by atoms with E-state index in [1.165, 1.54) is 6.42 Å². The van der Waals surface area contributed by atoms with Crippen LogP contribution < -0.4 is 9.64 Å². The topological polar surface area (TPSA) is 42.7 Å². The zero-order valence-corrected chi connectivity index (χ0v) is 11.9. The number of alkyl halides is 1. The number of benzene rings is 1. The van der Waals surface area contributed by atoms with E-state index < -0.39 is 6.86 Å². The fourth-order valence-corrected chi connectivity index (χ4v) is 2.53. The molecule has 0 saturated carbocycles. The van der Waals surface area contributed by atoms with Crippen molar-refractivity contribution in [3.05, 3.63) is 42.7 Å². The van der Waals surface area contributed by atoms with Gasteiger partial charge in [-0.25, -0.2) is 9.37 Å². The minimum absolute atomic E-state index is 0.492. The number of halogens is 1. The van der Waals surface area contributed by atoms with Crippen LogP contribution in [0.1, 0.15) is 6.42 Å². The highest BCUT2D eigenvalue weighted by Crippen LogP contribution is 2.24. The largest absolute Gasteiger partial charge is 0.463 e. The zero-order chi connectivity index (χ0) is 14.9. The molecule has 1 fully saturated rings. The van der Waals surface area contributed by atoms with Crippen LogP contribution in [0.3, 0.4) is 0 Å². The number of fused-ring (bicyclic) bond motifs is 1. The van der Waals surface area contributed by atoms with Gasteiger partial charge in [0.1, 0.15) is 11.6 Å². The van der Waals surface area contributed by atoms with Gasteiger partial charge in [-0.05, 0) is 24.6 Å². The van der Waals surface area contributed by atoms with Crippen molar-refractivity contribution in [2.24, 2.45) is 0 Å². The number of rotatable bonds is 4. The second-order valence-corrected chi connectivity index (χ2v) is 5.24. The van der Waals surface area contributed by atoms with Crippen molar-refractivity contribution < 1.29 is 9.13 Å². The summed E-state index contributed by atoms with van der Waals surface area (Å²) in [5.74, 6) is 2.12. The molecule has 1 aliphatic rings. The molecule has 1 saturated heterocycles. The molecular weight excluding hydrogens is 283 g/mol. The lowest BCUT2D eigenvalue weighted by Gasteiger charge is -2.31. The number of imidazole rings is 1. The average molecular weight is 298 g/mol. The van der Waals surface area contributed by atoms with E-state index in [-0.39, 0.29) is 0 Å². The van der Waals surface area contributed by atoms with Crippen molar-refractivity contribution >= 4 is 11.6 Å². The number of hydrogen-bond acceptors (Lipinski definition) is 4. The van der Waals surface area contributed by atoms with Gasteiger partial charge in [0.2, 0.25) is 12.6 Å². The van der Waals surface area contributed by atoms with Crippen LogP contribution in [-0.2, 0) is 0 Å². The molecule has 0 atom stereocenters. The van der Waals surface area contributed by atoms with Crippen LogP contribution in [0, 0.1) is 0 Å². The summed E-state index contributed by atoms with van der Waals surface area (Å²) in [5, 5.41) is 0. The van der Waals surface area contributed by atoms with Crippen LogP contribution in [0.5, 0.6) is 5.75 Å². The van der Waals surface area contributed by atoms with Crippen LogP contribution in [0.15, 0.2) is 42.7 Å². The van der Waals surface area contributed by atoms with Crippen LogP contribution in [0.4, 0.5) is 10.2 Å². The monoisotopic (exact) mass is 298 g/mol. The molecule has 5 nitrogen and oxygen atoms in total. The van der Waals surface area contributed by atoms with Crippen LogP contribution in [-0.4, -0.2) is 34.3 Å². The fraction of sp³-hybridized carbons (Fsp3) is 0.250. The van der Waals surface area contributed by atoms with Crippen LogP contribution >= 0.6 is 0 Å². The van der Waals surface area contributed by atoms with Gasteiger partial charge in [-0.15, -0.1) is 0 Å². The minimum Gasteiger partial charge on any atom is -0.463 e. The maximum absolute atomic E-state index is 12.3. The van der Waals surface area contributed by atoms with E-state index in [1.807, 2.05) is 35.0 Å². The Kier molecular flexibility index (Phi) is 3.14. The summed E-state index contributed by atoms with van der Waals surface area (Å²) >= 11 is 0. The molecule has 3 heterocycles. The van der Waals surface area contributed by atoms with E-state index >= 15 is 0 Å². The van der Waals surface area contributed by atoms with E-state index in [9.17, 15) is 4.39 Å². The Hall–Kier alpha value is -2.63. The molecule has 112 valence electrons. The van der Waals surface area contributed by atoms with E-state index in [0.717, 1.165) is 30.2 Å². The van der Waals surface area contributed by atoms with Gasteiger partial charge in [0.25, 0.3) is 0 Å². The Balaban J connectivity index is 1.71. The summed E-state index contributed by atoms with van der Waals surface area (Å²) in [5.41, 5.74) is 1.67. The normalized spacial score (nSPS) is 14.1. The number of hydrogen-bond donors (Lipinski definition) is 0. The van der Waals surface area contributed by atoms with Crippen molar-refractivity contribution in [3.8, 4) is 17.0 Å². The van der Waals surface area contributed by atoms with Gasteiger partial charge in [0, 0.05) is 31.0 Å². The average Bonchev–Trinajstić information content (AvgIpc) is 2.89. The maximum atomic E-state index is 12.3. The van der Waals surface area contributed by atoms with E-state index in [2.05, 4.69) is 14.9 Å². The van der Waals surface area contributed by atoms with Gasteiger partial charge in [-0.1, -0.05) is 12.1 Å². The standard InChI is InChI=1S/C16H15FN4O/c17-11-22-13-4-1-3-12(9-13)14-10-21-8-5-15(19-16(21)18-14)20-6-2-7-20/h1,3-5,8-10H,2,6-7,11H2. The molecule has 0 N–H and O–H groups in total. The molecule has 0 amide bonds. The summed E-state index contributed by atoms with van der Waals surface area (Å²) in [6.07, 6.45) is 5.10. The van der Waals surface area contributed by atoms with Crippen LogP contribution in [0.25, 0.3) is 17.0 Å². The lowest BCUT2D eigenvalue weighted by Crippen LogP contribution is -2.37. The molecule has 0 unspecified atom stereocenters. The second kappa shape index (κ2) is 5.29. The van der Waals surface area contributed by atoms with Gasteiger partial charge >= 0.3 is 0 Å². The zero-order valence-electron chi connectivity index (χ0n) is 11.9. The molecule has 6 heteroatoms. The van der Waals surface area contributed by atoms with Gasteiger partial charge in [-0.3, -0.25) is 4.40 Å². The third kappa shape index (κ3) is 2.26. The van der Waals surface area contributed by atoms with Gasteiger partial charge in [0.15, 0.2) is 0 Å². The molecular formula is C16H15FN4O. The molecule has 22 heavy (non-hydrogen) atoms. The summed E-state index contributed by atoms with van der Waals surface area (Å²) < 4.78 is 19.1. The third-order valence-corrected chi connectivity index (χ3v) is 3.84. The first-order chi connectivity index (χ1) is 10.8. The second-order valence-electron chi connectivity index (χ2n) is 5.24. The first-order valence-electron chi connectivity index (χ1n) is 7.23. The third-order valence-electron chi connectivity index (χ3n) is 3.84. The summed E-state index contributed by atoms with van der Waals surface area (Å²) in [6.45, 7) is 1.27. The van der Waals surface area contributed by atoms with Crippen LogP contribution in [0.2, 0.25) is 0 Å². The maximum Gasteiger partial charge on any atom is 0.236 e. The number of anilines is 1. The Morgan fingerprint density at radius 3 is 2.86 bits per heavy atom. The quantitative estimate of drug-likeness (QED) is 0.743. The number of nitrogens with zero attached hydrogens (tertiary/aromatic N) is 4. The molecule has 0 bridgehead atoms. The van der Waals surface area contributed by atoms with Crippen molar-refractivity contribution in [1.82, 2.24) is 14.4 Å². The Morgan fingerprint density at radius 1 is 1.18 bits per heavy atom. The predicted molar refractivity (Wildman–Crippen MR) is 81.9 cm³/mol. The van der Waals surface area contributed by atoms with Gasteiger partial charge in [0.05, 0.1) is 5.69 Å². The lowest BCUT2D eigenvalue weighted by molar-refractivity contribution is 0.192. The highest BCUT2D eigenvalue weighted by molar-refractivity contribution is 5.63. The van der Waals surface area contributed by atoms with Gasteiger partial charge < -0.3 is 9.64 Å².